The molecule has 0 radical (unpaired) electrons. The smallest absolute Gasteiger partial charge is 0.372 e. The lowest BCUT2D eigenvalue weighted by atomic mass is 10.3. The summed E-state index contributed by atoms with van der Waals surface area (Å²) in [6.45, 7) is 0.989. The van der Waals surface area contributed by atoms with Crippen LogP contribution in [-0.2, 0) is 4.74 Å². The number of hydrogen-bond donors (Lipinski definition) is 2. The third-order valence-corrected chi connectivity index (χ3v) is 3.34. The van der Waals surface area contributed by atoms with Crippen molar-refractivity contribution >= 4 is 29.9 Å². The second-order valence-corrected chi connectivity index (χ2v) is 5.76. The SMILES string of the molecule is CCNC(=NCCCOCC(F)(F)F)NC1CCN(CC(F)(F)F)C1.I. The van der Waals surface area contributed by atoms with Crippen LogP contribution in [-0.4, -0.2) is 75.2 Å². The topological polar surface area (TPSA) is 48.9 Å². The summed E-state index contributed by atoms with van der Waals surface area (Å²) in [5.41, 5.74) is 0. The number of nitrogens with one attached hydrogen (secondary N) is 2. The Labute approximate surface area is 165 Å². The maximum Gasteiger partial charge on any atom is 0.411 e. The van der Waals surface area contributed by atoms with Gasteiger partial charge >= 0.3 is 12.4 Å². The first kappa shape index (κ1) is 25.5. The molecular weight excluding hydrogens is 481 g/mol. The van der Waals surface area contributed by atoms with Crippen LogP contribution in [0.1, 0.15) is 19.8 Å². The van der Waals surface area contributed by atoms with Crippen LogP contribution in [0.4, 0.5) is 26.3 Å². The van der Waals surface area contributed by atoms with Crippen molar-refractivity contribution in [1.29, 1.82) is 0 Å². The molecule has 0 amide bonds. The summed E-state index contributed by atoms with van der Waals surface area (Å²) >= 11 is 0. The highest BCUT2D eigenvalue weighted by molar-refractivity contribution is 14.0. The molecule has 1 unspecified atom stereocenters. The Morgan fingerprint density at radius 1 is 1.19 bits per heavy atom. The highest BCUT2D eigenvalue weighted by atomic mass is 127. The molecule has 1 fully saturated rings. The number of ether oxygens (including phenoxy) is 1. The molecule has 1 rings (SSSR count). The van der Waals surface area contributed by atoms with Crippen molar-refractivity contribution < 1.29 is 31.1 Å². The van der Waals surface area contributed by atoms with Gasteiger partial charge in [0, 0.05) is 38.8 Å². The van der Waals surface area contributed by atoms with Gasteiger partial charge in [0.25, 0.3) is 0 Å². The fourth-order valence-corrected chi connectivity index (χ4v) is 2.41. The Bertz CT molecular complexity index is 419. The van der Waals surface area contributed by atoms with Gasteiger partial charge < -0.3 is 15.4 Å². The molecule has 0 spiro atoms. The van der Waals surface area contributed by atoms with Crippen molar-refractivity contribution in [2.24, 2.45) is 4.99 Å². The van der Waals surface area contributed by atoms with Crippen LogP contribution in [0.15, 0.2) is 4.99 Å². The number of likely N-dealkylation sites (tertiary alicyclic amines) is 1. The molecule has 156 valence electrons. The van der Waals surface area contributed by atoms with Gasteiger partial charge in [-0.25, -0.2) is 0 Å². The molecule has 0 aromatic heterocycles. The predicted octanol–water partition coefficient (Wildman–Crippen LogP) is 2.77. The zero-order valence-corrected chi connectivity index (χ0v) is 16.8. The van der Waals surface area contributed by atoms with E-state index in [4.69, 9.17) is 0 Å². The van der Waals surface area contributed by atoms with E-state index in [1.807, 2.05) is 6.92 Å². The predicted molar refractivity (Wildman–Crippen MR) is 96.9 cm³/mol. The number of halogens is 7. The molecule has 12 heteroatoms. The Hall–Kier alpha value is -0.500. The minimum absolute atomic E-state index is 0. The standard InChI is InChI=1S/C14H24F6N4O.HI/c1-2-21-12(22-5-3-7-25-10-14(18,19)20)23-11-4-6-24(8-11)9-13(15,16)17;/h11H,2-10H2,1H3,(H2,21,22,23);1H. The van der Waals surface area contributed by atoms with Crippen molar-refractivity contribution in [3.05, 3.63) is 0 Å². The molecule has 26 heavy (non-hydrogen) atoms. The second-order valence-electron chi connectivity index (χ2n) is 5.76. The molecule has 5 nitrogen and oxygen atoms in total. The van der Waals surface area contributed by atoms with Gasteiger partial charge in [-0.2, -0.15) is 26.3 Å². The van der Waals surface area contributed by atoms with Gasteiger partial charge in [-0.05, 0) is 19.8 Å². The Kier molecular flexibility index (Phi) is 11.8. The fraction of sp³-hybridized carbons (Fsp3) is 0.929. The monoisotopic (exact) mass is 506 g/mol. The first-order valence-corrected chi connectivity index (χ1v) is 8.07. The van der Waals surface area contributed by atoms with Crippen LogP contribution < -0.4 is 10.6 Å². The lowest BCUT2D eigenvalue weighted by Gasteiger charge is -2.19. The average molecular weight is 506 g/mol. The molecular formula is C14H25F6IN4O. The van der Waals surface area contributed by atoms with E-state index < -0.39 is 25.5 Å². The Balaban J connectivity index is 0.00000625. The fourth-order valence-electron chi connectivity index (χ4n) is 2.41. The van der Waals surface area contributed by atoms with Gasteiger partial charge in [0.05, 0.1) is 6.54 Å². The molecule has 0 aromatic rings. The number of guanidine groups is 1. The summed E-state index contributed by atoms with van der Waals surface area (Å²) in [6.07, 6.45) is -7.68. The van der Waals surface area contributed by atoms with Gasteiger partial charge in [0.1, 0.15) is 6.61 Å². The van der Waals surface area contributed by atoms with Crippen molar-refractivity contribution in [3.8, 4) is 0 Å². The molecule has 0 bridgehead atoms. The first-order chi connectivity index (χ1) is 11.6. The van der Waals surface area contributed by atoms with Crippen LogP contribution in [0.2, 0.25) is 0 Å². The van der Waals surface area contributed by atoms with E-state index in [1.165, 1.54) is 4.90 Å². The minimum Gasteiger partial charge on any atom is -0.372 e. The van der Waals surface area contributed by atoms with E-state index in [9.17, 15) is 26.3 Å². The van der Waals surface area contributed by atoms with E-state index in [0.717, 1.165) is 0 Å². The number of alkyl halides is 6. The maximum absolute atomic E-state index is 12.4. The van der Waals surface area contributed by atoms with Gasteiger partial charge in [0.15, 0.2) is 5.96 Å². The van der Waals surface area contributed by atoms with Gasteiger partial charge in [0.2, 0.25) is 0 Å². The summed E-state index contributed by atoms with van der Waals surface area (Å²) in [6, 6.07) is -0.151. The van der Waals surface area contributed by atoms with Crippen molar-refractivity contribution in [2.45, 2.75) is 38.2 Å². The zero-order chi connectivity index (χ0) is 18.9. The van der Waals surface area contributed by atoms with Crippen LogP contribution in [0.5, 0.6) is 0 Å². The third kappa shape index (κ3) is 12.8. The van der Waals surface area contributed by atoms with Crippen LogP contribution in [0.25, 0.3) is 0 Å². The summed E-state index contributed by atoms with van der Waals surface area (Å²) in [5, 5.41) is 6.02. The average Bonchev–Trinajstić information content (AvgIpc) is 2.86. The summed E-state index contributed by atoms with van der Waals surface area (Å²) in [7, 11) is 0. The molecule has 1 saturated heterocycles. The summed E-state index contributed by atoms with van der Waals surface area (Å²) in [4.78, 5) is 5.53. The summed E-state index contributed by atoms with van der Waals surface area (Å²) < 4.78 is 77.3. The first-order valence-electron chi connectivity index (χ1n) is 8.07. The highest BCUT2D eigenvalue weighted by Gasteiger charge is 2.34. The highest BCUT2D eigenvalue weighted by Crippen LogP contribution is 2.20. The van der Waals surface area contributed by atoms with Gasteiger partial charge in [-0.15, -0.1) is 24.0 Å². The molecule has 1 atom stereocenters. The largest absolute Gasteiger partial charge is 0.411 e. The van der Waals surface area contributed by atoms with Crippen LogP contribution in [0.3, 0.4) is 0 Å². The normalized spacial score (nSPS) is 19.3. The molecule has 1 aliphatic rings. The van der Waals surface area contributed by atoms with Crippen LogP contribution in [0, 0.1) is 0 Å². The number of rotatable bonds is 8. The summed E-state index contributed by atoms with van der Waals surface area (Å²) in [5.74, 6) is 0.442. The quantitative estimate of drug-likeness (QED) is 0.175. The number of hydrogen-bond acceptors (Lipinski definition) is 3. The van der Waals surface area contributed by atoms with E-state index in [1.54, 1.807) is 0 Å². The minimum atomic E-state index is -4.34. The van der Waals surface area contributed by atoms with Crippen LogP contribution >= 0.6 is 24.0 Å². The molecule has 0 aliphatic carbocycles. The maximum atomic E-state index is 12.4. The van der Waals surface area contributed by atoms with E-state index >= 15 is 0 Å². The Morgan fingerprint density at radius 3 is 2.46 bits per heavy atom. The van der Waals surface area contributed by atoms with Gasteiger partial charge in [-0.1, -0.05) is 0 Å². The van der Waals surface area contributed by atoms with Crippen molar-refractivity contribution in [3.63, 3.8) is 0 Å². The van der Waals surface area contributed by atoms with E-state index in [0.29, 0.717) is 31.9 Å². The molecule has 0 saturated carbocycles. The van der Waals surface area contributed by atoms with Crippen molar-refractivity contribution in [1.82, 2.24) is 15.5 Å². The molecule has 2 N–H and O–H groups in total. The van der Waals surface area contributed by atoms with E-state index in [2.05, 4.69) is 20.4 Å². The molecule has 1 aliphatic heterocycles. The number of nitrogens with zero attached hydrogens (tertiary/aromatic N) is 2. The number of aliphatic imine (C=N–C) groups is 1. The molecule has 0 aromatic carbocycles. The molecule has 1 heterocycles. The lowest BCUT2D eigenvalue weighted by molar-refractivity contribution is -0.173. The third-order valence-electron chi connectivity index (χ3n) is 3.34. The van der Waals surface area contributed by atoms with Crippen molar-refractivity contribution in [2.75, 3.05) is 45.9 Å². The second kappa shape index (κ2) is 12.1. The van der Waals surface area contributed by atoms with E-state index in [-0.39, 0.29) is 49.7 Å². The van der Waals surface area contributed by atoms with Gasteiger partial charge in [-0.3, -0.25) is 9.89 Å². The lowest BCUT2D eigenvalue weighted by Crippen LogP contribution is -2.45. The zero-order valence-electron chi connectivity index (χ0n) is 14.4. The Morgan fingerprint density at radius 2 is 1.88 bits per heavy atom.